The zero-order chi connectivity index (χ0) is 14.7. The molecule has 2 aliphatic rings. The molecule has 1 aromatic rings. The maximum atomic E-state index is 12.6. The summed E-state index contributed by atoms with van der Waals surface area (Å²) in [5, 5.41) is 3.37. The molecule has 0 saturated heterocycles. The fourth-order valence-electron chi connectivity index (χ4n) is 4.07. The second-order valence-corrected chi connectivity index (χ2v) is 7.86. The summed E-state index contributed by atoms with van der Waals surface area (Å²) in [5.41, 5.74) is 0.761. The number of amides is 1. The first kappa shape index (κ1) is 15.1. The number of halogens is 1. The van der Waals surface area contributed by atoms with Crippen molar-refractivity contribution in [1.82, 2.24) is 5.32 Å². The number of benzene rings is 1. The highest BCUT2D eigenvalue weighted by atomic mass is 79.9. The fourth-order valence-corrected chi connectivity index (χ4v) is 5.16. The van der Waals surface area contributed by atoms with Gasteiger partial charge in [0.2, 0.25) is 0 Å². The highest BCUT2D eigenvalue weighted by Crippen LogP contribution is 2.48. The number of hydrogen-bond acceptors (Lipinski definition) is 1. The van der Waals surface area contributed by atoms with E-state index in [-0.39, 0.29) is 10.4 Å². The van der Waals surface area contributed by atoms with Crippen LogP contribution in [-0.4, -0.2) is 10.4 Å². The van der Waals surface area contributed by atoms with Gasteiger partial charge in [0.05, 0.1) is 0 Å². The van der Waals surface area contributed by atoms with E-state index < -0.39 is 0 Å². The van der Waals surface area contributed by atoms with Gasteiger partial charge in [-0.05, 0) is 49.7 Å². The summed E-state index contributed by atoms with van der Waals surface area (Å²) in [6, 6.07) is 9.59. The largest absolute Gasteiger partial charge is 0.336 e. The molecule has 0 aliphatic heterocycles. The first-order valence-electron chi connectivity index (χ1n) is 8.26. The molecule has 0 atom stereocenters. The van der Waals surface area contributed by atoms with Crippen LogP contribution in [0.5, 0.6) is 0 Å². The summed E-state index contributed by atoms with van der Waals surface area (Å²) in [5.74, 6) is 1.22. The van der Waals surface area contributed by atoms with Crippen molar-refractivity contribution in [2.75, 3.05) is 0 Å². The van der Waals surface area contributed by atoms with Crippen molar-refractivity contribution in [2.24, 2.45) is 11.8 Å². The van der Waals surface area contributed by atoms with E-state index in [9.17, 15) is 4.79 Å². The maximum Gasteiger partial charge on any atom is 0.252 e. The number of rotatable bonds is 4. The van der Waals surface area contributed by atoms with Gasteiger partial charge in [-0.3, -0.25) is 4.79 Å². The Bertz CT molecular complexity index is 459. The molecule has 2 nitrogen and oxygen atoms in total. The molecule has 0 unspecified atom stereocenters. The number of alkyl halides is 1. The van der Waals surface area contributed by atoms with Crippen molar-refractivity contribution < 1.29 is 4.79 Å². The van der Waals surface area contributed by atoms with E-state index in [1.165, 1.54) is 51.4 Å². The molecule has 3 rings (SSSR count). The Morgan fingerprint density at radius 2 is 1.43 bits per heavy atom. The Kier molecular flexibility index (Phi) is 4.68. The van der Waals surface area contributed by atoms with Crippen molar-refractivity contribution in [2.45, 2.75) is 55.8 Å². The minimum Gasteiger partial charge on any atom is -0.336 e. The Morgan fingerprint density at radius 1 is 0.952 bits per heavy atom. The van der Waals surface area contributed by atoms with Crippen molar-refractivity contribution >= 4 is 21.8 Å². The SMILES string of the molecule is O=C(NC(Br)(C1CCCC1)C1CCCC1)c1ccccc1. The second-order valence-electron chi connectivity index (χ2n) is 6.55. The van der Waals surface area contributed by atoms with Crippen LogP contribution in [0, 0.1) is 11.8 Å². The lowest BCUT2D eigenvalue weighted by atomic mass is 9.85. The first-order valence-corrected chi connectivity index (χ1v) is 9.06. The van der Waals surface area contributed by atoms with E-state index in [0.717, 1.165) is 5.56 Å². The van der Waals surface area contributed by atoms with Crippen LogP contribution in [0.3, 0.4) is 0 Å². The lowest BCUT2D eigenvalue weighted by Gasteiger charge is -2.40. The summed E-state index contributed by atoms with van der Waals surface area (Å²) in [6.07, 6.45) is 10.1. The third-order valence-electron chi connectivity index (χ3n) is 5.24. The summed E-state index contributed by atoms with van der Waals surface area (Å²) in [7, 11) is 0. The molecule has 2 saturated carbocycles. The van der Waals surface area contributed by atoms with Crippen molar-refractivity contribution in [1.29, 1.82) is 0 Å². The highest BCUT2D eigenvalue weighted by Gasteiger charge is 2.46. The van der Waals surface area contributed by atoms with Gasteiger partial charge in [0.1, 0.15) is 4.45 Å². The molecule has 0 aromatic heterocycles. The van der Waals surface area contributed by atoms with Gasteiger partial charge in [0.15, 0.2) is 0 Å². The van der Waals surface area contributed by atoms with Crippen molar-refractivity contribution in [3.05, 3.63) is 35.9 Å². The van der Waals surface area contributed by atoms with Crippen LogP contribution in [-0.2, 0) is 0 Å². The van der Waals surface area contributed by atoms with Gasteiger partial charge < -0.3 is 5.32 Å². The minimum atomic E-state index is -0.201. The fraction of sp³-hybridized carbons (Fsp3) is 0.611. The summed E-state index contributed by atoms with van der Waals surface area (Å²) in [4.78, 5) is 12.6. The Morgan fingerprint density at radius 3 is 1.90 bits per heavy atom. The molecule has 2 fully saturated rings. The van der Waals surface area contributed by atoms with Crippen LogP contribution in [0.15, 0.2) is 30.3 Å². The molecule has 2 aliphatic carbocycles. The monoisotopic (exact) mass is 349 g/mol. The number of nitrogens with one attached hydrogen (secondary N) is 1. The average molecular weight is 350 g/mol. The topological polar surface area (TPSA) is 29.1 Å². The molecular formula is C18H24BrNO. The van der Waals surface area contributed by atoms with Gasteiger partial charge in [-0.15, -0.1) is 0 Å². The lowest BCUT2D eigenvalue weighted by Crippen LogP contribution is -2.53. The van der Waals surface area contributed by atoms with Crippen LogP contribution >= 0.6 is 15.9 Å². The van der Waals surface area contributed by atoms with Gasteiger partial charge in [-0.2, -0.15) is 0 Å². The summed E-state index contributed by atoms with van der Waals surface area (Å²) in [6.45, 7) is 0. The summed E-state index contributed by atoms with van der Waals surface area (Å²) >= 11 is 4.01. The van der Waals surface area contributed by atoms with Crippen LogP contribution in [0.2, 0.25) is 0 Å². The quantitative estimate of drug-likeness (QED) is 0.608. The van der Waals surface area contributed by atoms with E-state index in [1.807, 2.05) is 30.3 Å². The van der Waals surface area contributed by atoms with Gasteiger partial charge >= 0.3 is 0 Å². The van der Waals surface area contributed by atoms with Gasteiger partial charge in [-0.25, -0.2) is 0 Å². The Hall–Kier alpha value is -0.830. The third-order valence-corrected chi connectivity index (χ3v) is 6.73. The number of carbonyl (C=O) groups is 1. The van der Waals surface area contributed by atoms with E-state index in [2.05, 4.69) is 21.2 Å². The van der Waals surface area contributed by atoms with Gasteiger partial charge in [-0.1, -0.05) is 59.8 Å². The highest BCUT2D eigenvalue weighted by molar-refractivity contribution is 9.10. The Labute approximate surface area is 135 Å². The second kappa shape index (κ2) is 6.51. The van der Waals surface area contributed by atoms with Gasteiger partial charge in [0.25, 0.3) is 5.91 Å². The zero-order valence-electron chi connectivity index (χ0n) is 12.5. The van der Waals surface area contributed by atoms with E-state index in [4.69, 9.17) is 0 Å². The zero-order valence-corrected chi connectivity index (χ0v) is 14.1. The molecule has 21 heavy (non-hydrogen) atoms. The van der Waals surface area contributed by atoms with Crippen molar-refractivity contribution in [3.8, 4) is 0 Å². The first-order chi connectivity index (χ1) is 10.2. The van der Waals surface area contributed by atoms with Crippen LogP contribution in [0.1, 0.15) is 61.7 Å². The predicted molar refractivity (Wildman–Crippen MR) is 89.5 cm³/mol. The van der Waals surface area contributed by atoms with Crippen LogP contribution < -0.4 is 5.32 Å². The van der Waals surface area contributed by atoms with Crippen molar-refractivity contribution in [3.63, 3.8) is 0 Å². The predicted octanol–water partition coefficient (Wildman–Crippen LogP) is 4.89. The minimum absolute atomic E-state index is 0.0614. The number of hydrogen-bond donors (Lipinski definition) is 1. The molecule has 3 heteroatoms. The normalized spacial score (nSPS) is 20.8. The Balaban J connectivity index is 1.80. The molecule has 1 aromatic carbocycles. The molecular weight excluding hydrogens is 326 g/mol. The van der Waals surface area contributed by atoms with Gasteiger partial charge in [0, 0.05) is 5.56 Å². The molecule has 0 spiro atoms. The molecule has 0 radical (unpaired) electrons. The van der Waals surface area contributed by atoms with E-state index in [1.54, 1.807) is 0 Å². The molecule has 1 N–H and O–H groups in total. The molecule has 1 amide bonds. The number of carbonyl (C=O) groups excluding carboxylic acids is 1. The standard InChI is InChI=1S/C18H24BrNO/c19-18(15-10-4-5-11-15,16-12-6-7-13-16)20-17(21)14-8-2-1-3-9-14/h1-3,8-9,15-16H,4-7,10-13H2,(H,20,21). The van der Waals surface area contributed by atoms with E-state index >= 15 is 0 Å². The smallest absolute Gasteiger partial charge is 0.252 e. The average Bonchev–Trinajstić information content (AvgIpc) is 3.21. The van der Waals surface area contributed by atoms with Crippen LogP contribution in [0.25, 0.3) is 0 Å². The van der Waals surface area contributed by atoms with Crippen LogP contribution in [0.4, 0.5) is 0 Å². The molecule has 0 bridgehead atoms. The molecule has 114 valence electrons. The maximum absolute atomic E-state index is 12.6. The van der Waals surface area contributed by atoms with E-state index in [0.29, 0.717) is 11.8 Å². The lowest BCUT2D eigenvalue weighted by molar-refractivity contribution is 0.0880. The summed E-state index contributed by atoms with van der Waals surface area (Å²) < 4.78 is -0.201. The third kappa shape index (κ3) is 3.18. The molecule has 0 heterocycles.